The van der Waals surface area contributed by atoms with Gasteiger partial charge in [-0.2, -0.15) is 0 Å². The number of ether oxygens (including phenoxy) is 1. The van der Waals surface area contributed by atoms with Crippen molar-refractivity contribution in [2.75, 3.05) is 30.4 Å². The molecule has 0 spiro atoms. The number of nitrogens with one attached hydrogen (secondary N) is 1. The quantitative estimate of drug-likeness (QED) is 0.640. The molecular weight excluding hydrogens is 426 g/mol. The number of aromatic nitrogens is 2. The number of urea groups is 1. The molecule has 1 N–H and O–H groups in total. The highest BCUT2D eigenvalue weighted by atomic mass is 35.5. The summed E-state index contributed by atoms with van der Waals surface area (Å²) in [5.74, 6) is 0.814. The van der Waals surface area contributed by atoms with Crippen molar-refractivity contribution in [3.63, 3.8) is 0 Å². The number of carbonyl (C=O) groups excluding carboxylic acids is 2. The molecule has 0 aliphatic carbocycles. The number of hydrogen-bond acceptors (Lipinski definition) is 6. The maximum atomic E-state index is 13.2. The molecule has 2 aromatic heterocycles. The van der Waals surface area contributed by atoms with Crippen LogP contribution >= 0.6 is 22.9 Å². The van der Waals surface area contributed by atoms with Gasteiger partial charge >= 0.3 is 6.03 Å². The van der Waals surface area contributed by atoms with Gasteiger partial charge in [-0.15, -0.1) is 11.3 Å². The van der Waals surface area contributed by atoms with Crippen LogP contribution in [0.25, 0.3) is 10.2 Å². The second-order valence-corrected chi connectivity index (χ2v) is 8.63. The molecule has 4 heterocycles. The summed E-state index contributed by atoms with van der Waals surface area (Å²) in [5.41, 5.74) is 1.87. The Labute approximate surface area is 181 Å². The highest BCUT2D eigenvalue weighted by Crippen LogP contribution is 2.46. The summed E-state index contributed by atoms with van der Waals surface area (Å²) >= 11 is 7.51. The van der Waals surface area contributed by atoms with Crippen LogP contribution in [0.3, 0.4) is 0 Å². The number of aryl methyl sites for hydroxylation is 1. The normalized spacial score (nSPS) is 15.6. The minimum Gasteiger partial charge on any atom is -0.495 e. The minimum atomic E-state index is -0.399. The number of amides is 3. The summed E-state index contributed by atoms with van der Waals surface area (Å²) < 4.78 is 5.33. The molecule has 0 bridgehead atoms. The Morgan fingerprint density at radius 2 is 2.03 bits per heavy atom. The Morgan fingerprint density at radius 1 is 1.27 bits per heavy atom. The number of benzene rings is 1. The van der Waals surface area contributed by atoms with E-state index in [-0.39, 0.29) is 5.91 Å². The van der Waals surface area contributed by atoms with Crippen LogP contribution in [0.15, 0.2) is 18.5 Å². The first-order valence-electron chi connectivity index (χ1n) is 9.51. The molecule has 1 fully saturated rings. The monoisotopic (exact) mass is 443 g/mol. The van der Waals surface area contributed by atoms with Gasteiger partial charge in [-0.25, -0.2) is 19.7 Å². The van der Waals surface area contributed by atoms with Gasteiger partial charge in [0.1, 0.15) is 21.8 Å². The highest BCUT2D eigenvalue weighted by molar-refractivity contribution is 7.21. The molecule has 0 atom stereocenters. The summed E-state index contributed by atoms with van der Waals surface area (Å²) in [5, 5.41) is 4.02. The van der Waals surface area contributed by atoms with E-state index in [2.05, 4.69) is 15.3 Å². The number of hydrogen-bond donors (Lipinski definition) is 1. The zero-order valence-electron chi connectivity index (χ0n) is 16.4. The Morgan fingerprint density at radius 3 is 2.77 bits per heavy atom. The fourth-order valence-corrected chi connectivity index (χ4v) is 5.30. The lowest BCUT2D eigenvalue weighted by Gasteiger charge is -2.29. The van der Waals surface area contributed by atoms with Gasteiger partial charge in [0, 0.05) is 19.2 Å². The van der Waals surface area contributed by atoms with Crippen molar-refractivity contribution in [3.8, 4) is 5.75 Å². The number of anilines is 3. The van der Waals surface area contributed by atoms with Gasteiger partial charge in [0.2, 0.25) is 0 Å². The lowest BCUT2D eigenvalue weighted by Crippen LogP contribution is -2.36. The van der Waals surface area contributed by atoms with Crippen LogP contribution in [0, 0.1) is 6.92 Å². The molecular formula is C20H18ClN5O3S. The first-order chi connectivity index (χ1) is 14.5. The maximum Gasteiger partial charge on any atom is 0.332 e. The second-order valence-electron chi connectivity index (χ2n) is 7.22. The Balaban J connectivity index is 1.68. The summed E-state index contributed by atoms with van der Waals surface area (Å²) in [6, 6.07) is 3.05. The molecule has 3 amide bonds. The van der Waals surface area contributed by atoms with Crippen LogP contribution in [-0.2, 0) is 0 Å². The number of rotatable bonds is 3. The average Bonchev–Trinajstić information content (AvgIpc) is 3.38. The van der Waals surface area contributed by atoms with E-state index in [4.69, 9.17) is 16.3 Å². The molecule has 2 aliphatic rings. The number of halogens is 1. The molecule has 1 aromatic carbocycles. The fraction of sp³-hybridized carbons (Fsp3) is 0.300. The van der Waals surface area contributed by atoms with Gasteiger partial charge in [-0.1, -0.05) is 11.6 Å². The van der Waals surface area contributed by atoms with E-state index < -0.39 is 6.03 Å². The molecule has 5 rings (SSSR count). The third kappa shape index (κ3) is 2.80. The lowest BCUT2D eigenvalue weighted by atomic mass is 10.1. The zero-order valence-corrected chi connectivity index (χ0v) is 17.9. The first kappa shape index (κ1) is 19.1. The molecule has 2 aliphatic heterocycles. The molecule has 8 nitrogen and oxygen atoms in total. The third-order valence-electron chi connectivity index (χ3n) is 5.41. The zero-order chi connectivity index (χ0) is 21.0. The van der Waals surface area contributed by atoms with E-state index in [1.807, 2.05) is 11.8 Å². The molecule has 10 heteroatoms. The average molecular weight is 444 g/mol. The largest absolute Gasteiger partial charge is 0.495 e. The van der Waals surface area contributed by atoms with E-state index >= 15 is 0 Å². The fourth-order valence-electron chi connectivity index (χ4n) is 3.94. The smallest absolute Gasteiger partial charge is 0.332 e. The maximum absolute atomic E-state index is 13.2. The number of methoxy groups -OCH3 is 1. The lowest BCUT2D eigenvalue weighted by molar-refractivity contribution is 0.0798. The van der Waals surface area contributed by atoms with Crippen LogP contribution in [0.5, 0.6) is 5.75 Å². The summed E-state index contributed by atoms with van der Waals surface area (Å²) in [4.78, 5) is 39.4. The van der Waals surface area contributed by atoms with E-state index in [1.54, 1.807) is 12.1 Å². The first-order valence-corrected chi connectivity index (χ1v) is 10.7. The number of nitrogens with zero attached hydrogens (tertiary/aromatic N) is 4. The third-order valence-corrected chi connectivity index (χ3v) is 6.80. The van der Waals surface area contributed by atoms with E-state index in [9.17, 15) is 9.59 Å². The van der Waals surface area contributed by atoms with Crippen LogP contribution in [0.2, 0.25) is 5.02 Å². The molecule has 1 saturated heterocycles. The standard InChI is InChI=1S/C20H18ClN5O3S/c1-10-7-11(21)13(29-2)8-12(10)26-17-14-15(24-20(26)28)16(30-18(14)23-9-22-17)19(27)25-5-3-4-6-25/h7-9H,3-6H2,1-2H3,(H,24,28). The number of thiophene rings is 1. The van der Waals surface area contributed by atoms with Crippen molar-refractivity contribution in [2.24, 2.45) is 0 Å². The molecule has 0 unspecified atom stereocenters. The molecule has 30 heavy (non-hydrogen) atoms. The van der Waals surface area contributed by atoms with Crippen LogP contribution in [-0.4, -0.2) is 47.0 Å². The van der Waals surface area contributed by atoms with Crippen molar-refractivity contribution < 1.29 is 14.3 Å². The van der Waals surface area contributed by atoms with Gasteiger partial charge in [-0.05, 0) is 31.4 Å². The van der Waals surface area contributed by atoms with Gasteiger partial charge in [0.25, 0.3) is 5.91 Å². The topological polar surface area (TPSA) is 87.7 Å². The van der Waals surface area contributed by atoms with Gasteiger partial charge in [0.05, 0.1) is 28.9 Å². The van der Waals surface area contributed by atoms with E-state index in [0.717, 1.165) is 31.5 Å². The van der Waals surface area contributed by atoms with E-state index in [0.29, 0.717) is 43.1 Å². The van der Waals surface area contributed by atoms with Gasteiger partial charge in [-0.3, -0.25) is 4.79 Å². The Kier molecular flexibility index (Phi) is 4.52. The van der Waals surface area contributed by atoms with Crippen molar-refractivity contribution >= 4 is 62.3 Å². The summed E-state index contributed by atoms with van der Waals surface area (Å²) in [7, 11) is 1.52. The SMILES string of the molecule is COc1cc(N2C(=O)Nc3c(C(=O)N4CCCC4)sc4ncnc2c34)c(C)cc1Cl. The number of carbonyl (C=O) groups is 2. The molecule has 154 valence electrons. The predicted octanol–water partition coefficient (Wildman–Crippen LogP) is 4.58. The van der Waals surface area contributed by atoms with Crippen molar-refractivity contribution in [1.82, 2.24) is 14.9 Å². The van der Waals surface area contributed by atoms with Crippen LogP contribution in [0.4, 0.5) is 22.0 Å². The molecule has 0 radical (unpaired) electrons. The summed E-state index contributed by atoms with van der Waals surface area (Å²) in [6.45, 7) is 3.32. The Bertz CT molecular complexity index is 1200. The van der Waals surface area contributed by atoms with Gasteiger partial charge in [0.15, 0.2) is 5.82 Å². The van der Waals surface area contributed by atoms with Crippen molar-refractivity contribution in [3.05, 3.63) is 33.9 Å². The predicted molar refractivity (Wildman–Crippen MR) is 116 cm³/mol. The van der Waals surface area contributed by atoms with Crippen molar-refractivity contribution in [1.29, 1.82) is 0 Å². The Hall–Kier alpha value is -2.91. The number of likely N-dealkylation sites (tertiary alicyclic amines) is 1. The van der Waals surface area contributed by atoms with Crippen LogP contribution in [0.1, 0.15) is 28.1 Å². The van der Waals surface area contributed by atoms with Crippen LogP contribution < -0.4 is 15.0 Å². The molecule has 3 aromatic rings. The van der Waals surface area contributed by atoms with E-state index in [1.165, 1.54) is 29.7 Å². The molecule has 0 saturated carbocycles. The summed E-state index contributed by atoms with van der Waals surface area (Å²) in [6.07, 6.45) is 3.40. The minimum absolute atomic E-state index is 0.0745. The second kappa shape index (κ2) is 7.10. The van der Waals surface area contributed by atoms with Gasteiger partial charge < -0.3 is 15.0 Å². The highest BCUT2D eigenvalue weighted by Gasteiger charge is 2.36. The van der Waals surface area contributed by atoms with Crippen molar-refractivity contribution in [2.45, 2.75) is 19.8 Å².